The van der Waals surface area contributed by atoms with Gasteiger partial charge < -0.3 is 15.7 Å². The predicted molar refractivity (Wildman–Crippen MR) is 74.8 cm³/mol. The third-order valence-corrected chi connectivity index (χ3v) is 2.85. The minimum absolute atomic E-state index is 0.0773. The third kappa shape index (κ3) is 2.59. The molecule has 0 unspecified atom stereocenters. The quantitative estimate of drug-likeness (QED) is 0.827. The summed E-state index contributed by atoms with van der Waals surface area (Å²) in [4.78, 5) is 28.3. The van der Waals surface area contributed by atoms with Crippen LogP contribution in [0.1, 0.15) is 20.7 Å². The fourth-order valence-corrected chi connectivity index (χ4v) is 1.79. The first-order valence-electron chi connectivity index (χ1n) is 5.81. The molecule has 0 fully saturated rings. The van der Waals surface area contributed by atoms with Gasteiger partial charge in [0.15, 0.2) is 0 Å². The molecular weight excluding hydrogens is 258 g/mol. The Kier molecular flexibility index (Phi) is 3.65. The molecule has 1 aromatic carbocycles. The first kappa shape index (κ1) is 13.5. The van der Waals surface area contributed by atoms with E-state index in [0.29, 0.717) is 11.3 Å². The summed E-state index contributed by atoms with van der Waals surface area (Å²) in [5, 5.41) is 8.88. The second-order valence-electron chi connectivity index (χ2n) is 4.18. The van der Waals surface area contributed by atoms with E-state index in [1.54, 1.807) is 25.4 Å². The maximum absolute atomic E-state index is 12.2. The van der Waals surface area contributed by atoms with Crippen LogP contribution in [0.2, 0.25) is 0 Å². The van der Waals surface area contributed by atoms with Crippen molar-refractivity contribution >= 4 is 23.3 Å². The number of rotatable bonds is 3. The van der Waals surface area contributed by atoms with Gasteiger partial charge in [-0.2, -0.15) is 0 Å². The molecule has 0 bridgehead atoms. The number of nitrogens with zero attached hydrogens (tertiary/aromatic N) is 2. The van der Waals surface area contributed by atoms with E-state index >= 15 is 0 Å². The number of nitrogens with two attached hydrogens (primary N) is 1. The van der Waals surface area contributed by atoms with Gasteiger partial charge in [0.05, 0.1) is 22.5 Å². The molecule has 0 aliphatic rings. The molecule has 1 amide bonds. The van der Waals surface area contributed by atoms with Crippen LogP contribution < -0.4 is 10.6 Å². The Morgan fingerprint density at radius 1 is 1.25 bits per heavy atom. The fraction of sp³-hybridized carbons (Fsp3) is 0.0714. The summed E-state index contributed by atoms with van der Waals surface area (Å²) in [6, 6.07) is 7.55. The summed E-state index contributed by atoms with van der Waals surface area (Å²) in [6.45, 7) is 0. The van der Waals surface area contributed by atoms with E-state index in [9.17, 15) is 9.59 Å². The number of hydrogen-bond acceptors (Lipinski definition) is 4. The standard InChI is InChI=1S/C14H13N3O3/c1-17(13(18)10-3-2-6-16-8-10)12-5-4-9(14(19)20)7-11(12)15/h2-8H,15H2,1H3,(H,19,20). The summed E-state index contributed by atoms with van der Waals surface area (Å²) in [5.74, 6) is -1.34. The first-order chi connectivity index (χ1) is 9.50. The minimum atomic E-state index is -1.07. The Morgan fingerprint density at radius 3 is 2.55 bits per heavy atom. The van der Waals surface area contributed by atoms with Crippen LogP contribution in [0.5, 0.6) is 0 Å². The van der Waals surface area contributed by atoms with Crippen LogP contribution in [0.4, 0.5) is 11.4 Å². The molecule has 1 heterocycles. The SMILES string of the molecule is CN(C(=O)c1cccnc1)c1ccc(C(=O)O)cc1N. The number of aromatic nitrogens is 1. The van der Waals surface area contributed by atoms with E-state index in [1.165, 1.54) is 29.3 Å². The van der Waals surface area contributed by atoms with Crippen LogP contribution in [0.15, 0.2) is 42.7 Å². The molecule has 2 rings (SSSR count). The zero-order chi connectivity index (χ0) is 14.7. The zero-order valence-electron chi connectivity index (χ0n) is 10.8. The topological polar surface area (TPSA) is 96.5 Å². The van der Waals surface area contributed by atoms with Crippen molar-refractivity contribution in [3.05, 3.63) is 53.9 Å². The highest BCUT2D eigenvalue weighted by Crippen LogP contribution is 2.24. The fourth-order valence-electron chi connectivity index (χ4n) is 1.79. The van der Waals surface area contributed by atoms with Gasteiger partial charge in [0.25, 0.3) is 5.91 Å². The Bertz CT molecular complexity index is 656. The zero-order valence-corrected chi connectivity index (χ0v) is 10.8. The molecule has 2 aromatic rings. The maximum Gasteiger partial charge on any atom is 0.335 e. The second kappa shape index (κ2) is 5.40. The van der Waals surface area contributed by atoms with E-state index < -0.39 is 5.97 Å². The monoisotopic (exact) mass is 271 g/mol. The van der Waals surface area contributed by atoms with Gasteiger partial charge in [-0.15, -0.1) is 0 Å². The van der Waals surface area contributed by atoms with Gasteiger partial charge in [-0.25, -0.2) is 4.79 Å². The highest BCUT2D eigenvalue weighted by molar-refractivity contribution is 6.07. The van der Waals surface area contributed by atoms with Crippen molar-refractivity contribution in [3.63, 3.8) is 0 Å². The van der Waals surface area contributed by atoms with Crippen molar-refractivity contribution in [1.82, 2.24) is 4.98 Å². The first-order valence-corrected chi connectivity index (χ1v) is 5.81. The van der Waals surface area contributed by atoms with Gasteiger partial charge in [0, 0.05) is 19.4 Å². The Hall–Kier alpha value is -2.89. The predicted octanol–water partition coefficient (Wildman–Crippen LogP) is 1.64. The number of benzene rings is 1. The maximum atomic E-state index is 12.2. The molecule has 0 spiro atoms. The second-order valence-corrected chi connectivity index (χ2v) is 4.18. The summed E-state index contributed by atoms with van der Waals surface area (Å²) < 4.78 is 0. The van der Waals surface area contributed by atoms with Gasteiger partial charge >= 0.3 is 5.97 Å². The molecule has 0 radical (unpaired) electrons. The van der Waals surface area contributed by atoms with Gasteiger partial charge in [-0.05, 0) is 30.3 Å². The van der Waals surface area contributed by atoms with Gasteiger partial charge in [0.2, 0.25) is 0 Å². The molecule has 1 aromatic heterocycles. The van der Waals surface area contributed by atoms with Crippen molar-refractivity contribution in [2.75, 3.05) is 17.7 Å². The van der Waals surface area contributed by atoms with E-state index in [4.69, 9.17) is 10.8 Å². The number of hydrogen-bond donors (Lipinski definition) is 2. The number of carboxylic acids is 1. The van der Waals surface area contributed by atoms with E-state index in [0.717, 1.165) is 0 Å². The molecule has 6 heteroatoms. The average Bonchev–Trinajstić information content (AvgIpc) is 2.46. The molecule has 20 heavy (non-hydrogen) atoms. The normalized spacial score (nSPS) is 10.1. The molecule has 102 valence electrons. The number of anilines is 2. The van der Waals surface area contributed by atoms with Crippen LogP contribution in [-0.4, -0.2) is 29.0 Å². The lowest BCUT2D eigenvalue weighted by Gasteiger charge is -2.19. The lowest BCUT2D eigenvalue weighted by molar-refractivity contribution is 0.0697. The smallest absolute Gasteiger partial charge is 0.335 e. The van der Waals surface area contributed by atoms with Crippen molar-refractivity contribution < 1.29 is 14.7 Å². The molecule has 3 N–H and O–H groups in total. The lowest BCUT2D eigenvalue weighted by Crippen LogP contribution is -2.27. The van der Waals surface area contributed by atoms with Gasteiger partial charge in [-0.3, -0.25) is 9.78 Å². The molecule has 0 aliphatic carbocycles. The lowest BCUT2D eigenvalue weighted by atomic mass is 10.1. The van der Waals surface area contributed by atoms with Gasteiger partial charge in [0.1, 0.15) is 0 Å². The molecule has 0 aliphatic heterocycles. The van der Waals surface area contributed by atoms with Crippen LogP contribution in [-0.2, 0) is 0 Å². The van der Waals surface area contributed by atoms with Crippen molar-refractivity contribution in [1.29, 1.82) is 0 Å². The van der Waals surface area contributed by atoms with Crippen molar-refractivity contribution in [2.45, 2.75) is 0 Å². The summed E-state index contributed by atoms with van der Waals surface area (Å²) in [6.07, 6.45) is 3.04. The van der Waals surface area contributed by atoms with Gasteiger partial charge in [-0.1, -0.05) is 0 Å². The van der Waals surface area contributed by atoms with E-state index in [2.05, 4.69) is 4.98 Å². The molecule has 0 saturated heterocycles. The number of pyridine rings is 1. The van der Waals surface area contributed by atoms with Crippen molar-refractivity contribution in [3.8, 4) is 0 Å². The largest absolute Gasteiger partial charge is 0.478 e. The molecule has 6 nitrogen and oxygen atoms in total. The number of nitrogen functional groups attached to an aromatic ring is 1. The summed E-state index contributed by atoms with van der Waals surface area (Å²) in [7, 11) is 1.57. The number of amides is 1. The van der Waals surface area contributed by atoms with Crippen LogP contribution >= 0.6 is 0 Å². The number of carboxylic acid groups (broad SMARTS) is 1. The van der Waals surface area contributed by atoms with E-state index in [-0.39, 0.29) is 17.2 Å². The van der Waals surface area contributed by atoms with Crippen molar-refractivity contribution in [2.24, 2.45) is 0 Å². The van der Waals surface area contributed by atoms with Crippen LogP contribution in [0.3, 0.4) is 0 Å². The highest BCUT2D eigenvalue weighted by Gasteiger charge is 2.16. The van der Waals surface area contributed by atoms with E-state index in [1.807, 2.05) is 0 Å². The number of carbonyl (C=O) groups is 2. The molecular formula is C14H13N3O3. The highest BCUT2D eigenvalue weighted by atomic mass is 16.4. The Labute approximate surface area is 115 Å². The number of aromatic carboxylic acids is 1. The minimum Gasteiger partial charge on any atom is -0.478 e. The van der Waals surface area contributed by atoms with Crippen LogP contribution in [0.25, 0.3) is 0 Å². The Balaban J connectivity index is 2.32. The summed E-state index contributed by atoms with van der Waals surface area (Å²) >= 11 is 0. The molecule has 0 saturated carbocycles. The van der Waals surface area contributed by atoms with Crippen LogP contribution in [0, 0.1) is 0 Å². The average molecular weight is 271 g/mol. The Morgan fingerprint density at radius 2 is 2.00 bits per heavy atom. The third-order valence-electron chi connectivity index (χ3n) is 2.85. The summed E-state index contributed by atoms with van der Waals surface area (Å²) in [5.41, 5.74) is 6.98. The molecule has 0 atom stereocenters. The number of carbonyl (C=O) groups excluding carboxylic acids is 1.